The van der Waals surface area contributed by atoms with Crippen LogP contribution in [0.3, 0.4) is 0 Å². The fourth-order valence-corrected chi connectivity index (χ4v) is 4.20. The Morgan fingerprint density at radius 2 is 2.21 bits per heavy atom. The van der Waals surface area contributed by atoms with Crippen molar-refractivity contribution in [2.45, 2.75) is 46.2 Å². The number of aryl methyl sites for hydroxylation is 2. The summed E-state index contributed by atoms with van der Waals surface area (Å²) in [5, 5.41) is 7.64. The molecular formula is C18H25N3O2S. The molecule has 0 bridgehead atoms. The second-order valence-electron chi connectivity index (χ2n) is 6.48. The molecule has 1 N–H and O–H groups in total. The first-order chi connectivity index (χ1) is 11.5. The summed E-state index contributed by atoms with van der Waals surface area (Å²) in [6.07, 6.45) is 0.969. The van der Waals surface area contributed by atoms with Crippen molar-refractivity contribution < 1.29 is 9.53 Å². The fourth-order valence-electron chi connectivity index (χ4n) is 3.14. The topological polar surface area (TPSA) is 56.1 Å². The minimum atomic E-state index is 0.132. The van der Waals surface area contributed by atoms with E-state index < -0.39 is 0 Å². The van der Waals surface area contributed by atoms with Gasteiger partial charge in [-0.15, -0.1) is 11.3 Å². The molecule has 1 amide bonds. The number of nitrogens with one attached hydrogen (secondary N) is 1. The number of methoxy groups -OCH3 is 1. The summed E-state index contributed by atoms with van der Waals surface area (Å²) in [6.45, 7) is 8.07. The van der Waals surface area contributed by atoms with E-state index in [9.17, 15) is 4.79 Å². The van der Waals surface area contributed by atoms with Gasteiger partial charge in [0.1, 0.15) is 0 Å². The lowest BCUT2D eigenvalue weighted by molar-refractivity contribution is -0.122. The maximum atomic E-state index is 12.4. The van der Waals surface area contributed by atoms with E-state index in [1.807, 2.05) is 18.5 Å². The van der Waals surface area contributed by atoms with Crippen LogP contribution in [-0.4, -0.2) is 29.4 Å². The van der Waals surface area contributed by atoms with Crippen LogP contribution in [0.1, 0.15) is 39.0 Å². The molecular weight excluding hydrogens is 322 g/mol. The largest absolute Gasteiger partial charge is 0.383 e. The smallest absolute Gasteiger partial charge is 0.224 e. The summed E-state index contributed by atoms with van der Waals surface area (Å²) in [4.78, 5) is 15.1. The van der Waals surface area contributed by atoms with Crippen molar-refractivity contribution in [1.82, 2.24) is 15.1 Å². The van der Waals surface area contributed by atoms with E-state index in [2.05, 4.69) is 29.5 Å². The highest BCUT2D eigenvalue weighted by molar-refractivity contribution is 7.12. The van der Waals surface area contributed by atoms with Crippen LogP contribution in [0, 0.1) is 26.7 Å². The molecule has 1 fully saturated rings. The van der Waals surface area contributed by atoms with Gasteiger partial charge in [0, 0.05) is 46.5 Å². The van der Waals surface area contributed by atoms with Crippen molar-refractivity contribution >= 4 is 17.2 Å². The molecule has 6 heteroatoms. The maximum Gasteiger partial charge on any atom is 0.224 e. The summed E-state index contributed by atoms with van der Waals surface area (Å²) >= 11 is 1.80. The lowest BCUT2D eigenvalue weighted by Crippen LogP contribution is -2.25. The number of aromatic nitrogens is 2. The first kappa shape index (κ1) is 17.2. The van der Waals surface area contributed by atoms with Crippen LogP contribution in [-0.2, 0) is 22.6 Å². The average Bonchev–Trinajstić information content (AvgIpc) is 3.17. The molecule has 1 saturated carbocycles. The summed E-state index contributed by atoms with van der Waals surface area (Å²) in [6, 6.07) is 4.29. The van der Waals surface area contributed by atoms with Crippen LogP contribution in [0.2, 0.25) is 0 Å². The van der Waals surface area contributed by atoms with Crippen LogP contribution in [0.5, 0.6) is 0 Å². The van der Waals surface area contributed by atoms with Crippen LogP contribution in [0.15, 0.2) is 12.1 Å². The van der Waals surface area contributed by atoms with Crippen molar-refractivity contribution in [2.75, 3.05) is 13.7 Å². The third kappa shape index (κ3) is 3.54. The predicted molar refractivity (Wildman–Crippen MR) is 95.3 cm³/mol. The number of thiophene rings is 1. The predicted octanol–water partition coefficient (Wildman–Crippen LogP) is 2.94. The molecule has 3 rings (SSSR count). The van der Waals surface area contributed by atoms with Gasteiger partial charge in [0.15, 0.2) is 0 Å². The van der Waals surface area contributed by atoms with Crippen LogP contribution >= 0.6 is 11.3 Å². The minimum Gasteiger partial charge on any atom is -0.383 e. The Bertz CT molecular complexity index is 735. The molecule has 2 aromatic rings. The quantitative estimate of drug-likeness (QED) is 0.838. The Balaban J connectivity index is 1.56. The van der Waals surface area contributed by atoms with Crippen LogP contribution in [0.25, 0.3) is 0 Å². The number of ether oxygens (including phenoxy) is 1. The molecule has 0 aliphatic heterocycles. The van der Waals surface area contributed by atoms with Gasteiger partial charge in [-0.3, -0.25) is 9.48 Å². The molecule has 0 aromatic carbocycles. The molecule has 5 nitrogen and oxygen atoms in total. The second-order valence-corrected chi connectivity index (χ2v) is 7.80. The van der Waals surface area contributed by atoms with E-state index >= 15 is 0 Å². The third-order valence-electron chi connectivity index (χ3n) is 4.73. The lowest BCUT2D eigenvalue weighted by atomic mass is 10.2. The fraction of sp³-hybridized carbons (Fsp3) is 0.556. The highest BCUT2D eigenvalue weighted by Crippen LogP contribution is 2.49. The number of hydrogen-bond donors (Lipinski definition) is 1. The summed E-state index contributed by atoms with van der Waals surface area (Å²) in [5.41, 5.74) is 3.19. The third-order valence-corrected chi connectivity index (χ3v) is 5.86. The van der Waals surface area contributed by atoms with Crippen molar-refractivity contribution in [3.63, 3.8) is 0 Å². The Kier molecular flexibility index (Phi) is 5.06. The Morgan fingerprint density at radius 1 is 1.42 bits per heavy atom. The molecule has 0 radical (unpaired) electrons. The zero-order valence-corrected chi connectivity index (χ0v) is 15.6. The molecule has 130 valence electrons. The zero-order chi connectivity index (χ0) is 17.3. The van der Waals surface area contributed by atoms with Gasteiger partial charge in [0.2, 0.25) is 5.91 Å². The number of carbonyl (C=O) groups is 1. The molecule has 2 aromatic heterocycles. The minimum absolute atomic E-state index is 0.132. The number of rotatable bonds is 7. The van der Waals surface area contributed by atoms with Gasteiger partial charge in [-0.1, -0.05) is 0 Å². The van der Waals surface area contributed by atoms with E-state index in [1.165, 1.54) is 9.75 Å². The molecule has 0 spiro atoms. The van der Waals surface area contributed by atoms with Crippen molar-refractivity contribution in [3.8, 4) is 0 Å². The summed E-state index contributed by atoms with van der Waals surface area (Å²) in [7, 11) is 1.69. The zero-order valence-electron chi connectivity index (χ0n) is 14.8. The molecule has 24 heavy (non-hydrogen) atoms. The molecule has 0 unspecified atom stereocenters. The van der Waals surface area contributed by atoms with Crippen LogP contribution < -0.4 is 5.32 Å². The van der Waals surface area contributed by atoms with Gasteiger partial charge >= 0.3 is 0 Å². The Labute approximate surface area is 147 Å². The van der Waals surface area contributed by atoms with Gasteiger partial charge in [0.05, 0.1) is 18.8 Å². The van der Waals surface area contributed by atoms with Crippen LogP contribution in [0.4, 0.5) is 0 Å². The van der Waals surface area contributed by atoms with Crippen molar-refractivity contribution in [3.05, 3.63) is 38.8 Å². The Morgan fingerprint density at radius 3 is 2.88 bits per heavy atom. The summed E-state index contributed by atoms with van der Waals surface area (Å²) < 4.78 is 7.07. The van der Waals surface area contributed by atoms with E-state index in [4.69, 9.17) is 4.74 Å². The van der Waals surface area contributed by atoms with Crippen molar-refractivity contribution in [2.24, 2.45) is 5.92 Å². The van der Waals surface area contributed by atoms with Gasteiger partial charge in [-0.05, 0) is 39.3 Å². The van der Waals surface area contributed by atoms with E-state index in [-0.39, 0.29) is 11.8 Å². The molecule has 1 aliphatic rings. The first-order valence-corrected chi connectivity index (χ1v) is 9.18. The number of carbonyl (C=O) groups excluding carboxylic acids is 1. The number of hydrogen-bond acceptors (Lipinski definition) is 4. The average molecular weight is 347 g/mol. The van der Waals surface area contributed by atoms with Crippen molar-refractivity contribution in [1.29, 1.82) is 0 Å². The molecule has 2 heterocycles. The SMILES string of the molecule is COCCn1nc(C)c(CNC(=O)[C@H]2C[C@H]2c2ccc(C)s2)c1C. The van der Waals surface area contributed by atoms with E-state index in [0.717, 1.165) is 29.9 Å². The highest BCUT2D eigenvalue weighted by Gasteiger charge is 2.44. The second kappa shape index (κ2) is 7.07. The standard InChI is InChI=1S/C18H25N3O2S/c1-11-5-6-17(24-11)14-9-15(14)18(22)19-10-16-12(2)20-21(13(16)3)7-8-23-4/h5-6,14-15H,7-10H2,1-4H3,(H,19,22)/t14-,15+/m1/s1. The lowest BCUT2D eigenvalue weighted by Gasteiger charge is -2.07. The maximum absolute atomic E-state index is 12.4. The molecule has 2 atom stereocenters. The molecule has 1 aliphatic carbocycles. The van der Waals surface area contributed by atoms with Gasteiger partial charge in [-0.2, -0.15) is 5.10 Å². The highest BCUT2D eigenvalue weighted by atomic mass is 32.1. The van der Waals surface area contributed by atoms with E-state index in [1.54, 1.807) is 18.4 Å². The number of nitrogens with zero attached hydrogens (tertiary/aromatic N) is 2. The van der Waals surface area contributed by atoms with Gasteiger partial charge in [0.25, 0.3) is 0 Å². The molecule has 0 saturated heterocycles. The monoisotopic (exact) mass is 347 g/mol. The Hall–Kier alpha value is -1.66. The van der Waals surface area contributed by atoms with Gasteiger partial charge in [-0.25, -0.2) is 0 Å². The van der Waals surface area contributed by atoms with Gasteiger partial charge < -0.3 is 10.1 Å². The number of amides is 1. The summed E-state index contributed by atoms with van der Waals surface area (Å²) in [5.74, 6) is 0.706. The normalized spacial score (nSPS) is 19.5. The van der Waals surface area contributed by atoms with E-state index in [0.29, 0.717) is 19.1 Å². The first-order valence-electron chi connectivity index (χ1n) is 8.37.